The number of aryl methyl sites for hydroxylation is 2. The molecule has 130 valence electrons. The fourth-order valence-electron chi connectivity index (χ4n) is 3.06. The van der Waals surface area contributed by atoms with E-state index in [-0.39, 0.29) is 22.4 Å². The van der Waals surface area contributed by atoms with Gasteiger partial charge in [-0.3, -0.25) is 4.90 Å². The van der Waals surface area contributed by atoms with Gasteiger partial charge in [0.05, 0.1) is 18.2 Å². The molecule has 6 nitrogen and oxygen atoms in total. The van der Waals surface area contributed by atoms with Gasteiger partial charge in [0.25, 0.3) is 4.84 Å². The van der Waals surface area contributed by atoms with Crippen molar-refractivity contribution >= 4 is 22.1 Å². The van der Waals surface area contributed by atoms with Crippen LogP contribution >= 0.6 is 12.2 Å². The molecule has 8 heteroatoms. The number of rotatable bonds is 4. The van der Waals surface area contributed by atoms with Crippen molar-refractivity contribution in [2.45, 2.75) is 33.0 Å². The molecule has 1 aliphatic heterocycles. The molecule has 0 amide bonds. The zero-order valence-corrected chi connectivity index (χ0v) is 15.7. The van der Waals surface area contributed by atoms with Crippen molar-refractivity contribution in [3.63, 3.8) is 0 Å². The summed E-state index contributed by atoms with van der Waals surface area (Å²) in [6.07, 6.45) is 0.647. The zero-order chi connectivity index (χ0) is 17.5. The second-order valence-corrected chi connectivity index (χ2v) is 9.08. The maximum Gasteiger partial charge on any atom is 0.288 e. The molecule has 1 aliphatic rings. The Morgan fingerprint density at radius 1 is 1.33 bits per heavy atom. The largest absolute Gasteiger partial charge is 0.409 e. The number of sulfone groups is 1. The standard InChI is InChI=1S/C16H21N3O3S2/c1-11-6-12(2)8-13(7-11)15-17-19(16(23)22-15)10-18(3)14-4-5-24(20,21)9-14/h6-8,14H,4-5,9-10H2,1-3H3/t14-/m1/s1. The summed E-state index contributed by atoms with van der Waals surface area (Å²) in [6.45, 7) is 4.46. The summed E-state index contributed by atoms with van der Waals surface area (Å²) < 4.78 is 30.5. The van der Waals surface area contributed by atoms with Gasteiger partial charge in [0.15, 0.2) is 9.84 Å². The Labute approximate surface area is 147 Å². The molecule has 0 saturated carbocycles. The van der Waals surface area contributed by atoms with E-state index >= 15 is 0 Å². The zero-order valence-electron chi connectivity index (χ0n) is 14.0. The Balaban J connectivity index is 1.81. The molecule has 1 atom stereocenters. The minimum absolute atomic E-state index is 0.00161. The summed E-state index contributed by atoms with van der Waals surface area (Å²) in [5.74, 6) is 0.929. The number of nitrogens with zero attached hydrogens (tertiary/aromatic N) is 3. The molecule has 0 aliphatic carbocycles. The van der Waals surface area contributed by atoms with Gasteiger partial charge in [0, 0.05) is 11.6 Å². The van der Waals surface area contributed by atoms with E-state index in [0.717, 1.165) is 16.7 Å². The normalized spacial score (nSPS) is 19.9. The average molecular weight is 367 g/mol. The van der Waals surface area contributed by atoms with Crippen LogP contribution in [0.2, 0.25) is 0 Å². The highest BCUT2D eigenvalue weighted by molar-refractivity contribution is 7.91. The van der Waals surface area contributed by atoms with Gasteiger partial charge >= 0.3 is 0 Å². The minimum Gasteiger partial charge on any atom is -0.409 e. The lowest BCUT2D eigenvalue weighted by Crippen LogP contribution is -2.34. The van der Waals surface area contributed by atoms with Gasteiger partial charge in [-0.25, -0.2) is 13.1 Å². The molecule has 0 spiro atoms. The lowest BCUT2D eigenvalue weighted by atomic mass is 10.1. The third kappa shape index (κ3) is 3.76. The molecule has 3 rings (SSSR count). The molecule has 1 aromatic carbocycles. The van der Waals surface area contributed by atoms with Crippen molar-refractivity contribution in [2.24, 2.45) is 0 Å². The van der Waals surface area contributed by atoms with Crippen molar-refractivity contribution in [2.75, 3.05) is 18.6 Å². The molecule has 0 bridgehead atoms. The third-order valence-electron chi connectivity index (χ3n) is 4.26. The van der Waals surface area contributed by atoms with E-state index in [2.05, 4.69) is 11.2 Å². The summed E-state index contributed by atoms with van der Waals surface area (Å²) in [7, 11) is -1.02. The highest BCUT2D eigenvalue weighted by Gasteiger charge is 2.30. The lowest BCUT2D eigenvalue weighted by molar-refractivity contribution is 0.194. The molecular formula is C16H21N3O3S2. The number of aromatic nitrogens is 2. The van der Waals surface area contributed by atoms with E-state index in [0.29, 0.717) is 19.0 Å². The SMILES string of the molecule is Cc1cc(C)cc(-c2nn(CN(C)[C@@H]3CCS(=O)(=O)C3)c(=S)o2)c1. The van der Waals surface area contributed by atoms with Crippen LogP contribution in [0.5, 0.6) is 0 Å². The first-order chi connectivity index (χ1) is 11.2. The quantitative estimate of drug-likeness (QED) is 0.774. The van der Waals surface area contributed by atoms with Gasteiger partial charge in [0.1, 0.15) is 0 Å². The fraction of sp³-hybridized carbons (Fsp3) is 0.500. The lowest BCUT2D eigenvalue weighted by Gasteiger charge is -2.22. The van der Waals surface area contributed by atoms with Crippen molar-refractivity contribution in [3.05, 3.63) is 34.2 Å². The highest BCUT2D eigenvalue weighted by Crippen LogP contribution is 2.22. The van der Waals surface area contributed by atoms with Crippen LogP contribution in [0.1, 0.15) is 17.5 Å². The van der Waals surface area contributed by atoms with Crippen LogP contribution < -0.4 is 0 Å². The maximum atomic E-state index is 11.6. The monoisotopic (exact) mass is 367 g/mol. The predicted molar refractivity (Wildman–Crippen MR) is 95.1 cm³/mol. The van der Waals surface area contributed by atoms with Crippen LogP contribution in [0, 0.1) is 18.7 Å². The van der Waals surface area contributed by atoms with E-state index in [1.54, 1.807) is 4.68 Å². The molecule has 2 aromatic rings. The summed E-state index contributed by atoms with van der Waals surface area (Å²) in [5.41, 5.74) is 3.16. The van der Waals surface area contributed by atoms with Crippen molar-refractivity contribution < 1.29 is 12.8 Å². The van der Waals surface area contributed by atoms with E-state index < -0.39 is 9.84 Å². The number of hydrogen-bond acceptors (Lipinski definition) is 6. The summed E-state index contributed by atoms with van der Waals surface area (Å²) in [5, 5.41) is 4.46. The third-order valence-corrected chi connectivity index (χ3v) is 6.31. The summed E-state index contributed by atoms with van der Waals surface area (Å²) in [6, 6.07) is 6.10. The molecular weight excluding hydrogens is 346 g/mol. The number of hydrogen-bond donors (Lipinski definition) is 0. The van der Waals surface area contributed by atoms with E-state index in [9.17, 15) is 8.42 Å². The van der Waals surface area contributed by atoms with Crippen LogP contribution in [0.25, 0.3) is 11.5 Å². The van der Waals surface area contributed by atoms with E-state index in [1.165, 1.54) is 0 Å². The van der Waals surface area contributed by atoms with Gasteiger partial charge in [0.2, 0.25) is 5.89 Å². The Morgan fingerprint density at radius 3 is 2.58 bits per heavy atom. The molecule has 1 saturated heterocycles. The molecule has 0 N–H and O–H groups in total. The smallest absolute Gasteiger partial charge is 0.288 e. The van der Waals surface area contributed by atoms with E-state index in [4.69, 9.17) is 16.6 Å². The Morgan fingerprint density at radius 2 is 2.00 bits per heavy atom. The van der Waals surface area contributed by atoms with Gasteiger partial charge in [-0.1, -0.05) is 17.2 Å². The number of benzene rings is 1. The van der Waals surface area contributed by atoms with Crippen molar-refractivity contribution in [1.82, 2.24) is 14.7 Å². The first kappa shape index (κ1) is 17.3. The Kier molecular flexibility index (Phi) is 4.63. The van der Waals surface area contributed by atoms with Crippen LogP contribution in [0.4, 0.5) is 0 Å². The molecule has 24 heavy (non-hydrogen) atoms. The highest BCUT2D eigenvalue weighted by atomic mass is 32.2. The average Bonchev–Trinajstić information content (AvgIpc) is 3.01. The van der Waals surface area contributed by atoms with Crippen molar-refractivity contribution in [3.8, 4) is 11.5 Å². The molecule has 0 radical (unpaired) electrons. The first-order valence-electron chi connectivity index (χ1n) is 7.81. The Hall–Kier alpha value is -1.51. The van der Waals surface area contributed by atoms with Gasteiger partial charge in [-0.2, -0.15) is 0 Å². The topological polar surface area (TPSA) is 68.3 Å². The van der Waals surface area contributed by atoms with Crippen LogP contribution in [-0.2, 0) is 16.5 Å². The second kappa shape index (κ2) is 6.42. The molecule has 1 aromatic heterocycles. The molecule has 2 heterocycles. The molecule has 0 unspecified atom stereocenters. The van der Waals surface area contributed by atoms with Gasteiger partial charge < -0.3 is 4.42 Å². The van der Waals surface area contributed by atoms with E-state index in [1.807, 2.05) is 37.9 Å². The van der Waals surface area contributed by atoms with Gasteiger partial charge in [-0.15, -0.1) is 5.10 Å². The second-order valence-electron chi connectivity index (χ2n) is 6.50. The first-order valence-corrected chi connectivity index (χ1v) is 10.0. The summed E-state index contributed by atoms with van der Waals surface area (Å²) >= 11 is 5.27. The fourth-order valence-corrected chi connectivity index (χ4v) is 5.04. The molecule has 1 fully saturated rings. The van der Waals surface area contributed by atoms with Crippen LogP contribution in [0.3, 0.4) is 0 Å². The Bertz CT molecular complexity index is 895. The predicted octanol–water partition coefficient (Wildman–Crippen LogP) is 2.57. The van der Waals surface area contributed by atoms with Crippen molar-refractivity contribution in [1.29, 1.82) is 0 Å². The summed E-state index contributed by atoms with van der Waals surface area (Å²) in [4.78, 5) is 2.26. The van der Waals surface area contributed by atoms with Crippen LogP contribution in [0.15, 0.2) is 22.6 Å². The maximum absolute atomic E-state index is 11.6. The van der Waals surface area contributed by atoms with Gasteiger partial charge in [-0.05, 0) is 51.7 Å². The van der Waals surface area contributed by atoms with Crippen LogP contribution in [-0.4, -0.2) is 47.7 Å². The minimum atomic E-state index is -2.91.